The number of carbonyl (C=O) groups is 3. The highest BCUT2D eigenvalue weighted by atomic mass is 32.2. The van der Waals surface area contributed by atoms with Crippen LogP contribution in [0.4, 0.5) is 5.82 Å². The van der Waals surface area contributed by atoms with Crippen molar-refractivity contribution < 1.29 is 85.6 Å². The Morgan fingerprint density at radius 3 is 2.20 bits per heavy atom. The number of unbranched alkanes of at least 4 members (excludes halogenated alkanes) is 8. The first-order valence-corrected chi connectivity index (χ1v) is 27.2. The molecule has 2 amide bonds. The van der Waals surface area contributed by atoms with Gasteiger partial charge in [0, 0.05) is 37.1 Å². The number of imidazole rings is 1. The maximum atomic E-state index is 12.7. The molecule has 29 heteroatoms. The van der Waals surface area contributed by atoms with Gasteiger partial charge in [-0.2, -0.15) is 4.31 Å². The van der Waals surface area contributed by atoms with Crippen LogP contribution in [0.5, 0.6) is 0 Å². The number of ether oxygens (including phenoxy) is 1. The molecule has 0 aromatic carbocycles. The van der Waals surface area contributed by atoms with Crippen LogP contribution in [0.2, 0.25) is 0 Å². The fraction of sp³-hybridized carbons (Fsp3) is 0.784. The van der Waals surface area contributed by atoms with Crippen molar-refractivity contribution in [3.8, 4) is 0 Å². The van der Waals surface area contributed by atoms with Gasteiger partial charge >= 0.3 is 23.5 Å². The van der Waals surface area contributed by atoms with Crippen LogP contribution in [0.15, 0.2) is 12.7 Å². The summed E-state index contributed by atoms with van der Waals surface area (Å²) in [5.74, 6) is -1.07. The van der Waals surface area contributed by atoms with E-state index in [9.17, 15) is 63.0 Å². The number of rotatable bonds is 33. The highest BCUT2D eigenvalue weighted by Gasteiger charge is 2.50. The normalized spacial score (nSPS) is 20.7. The first-order valence-electron chi connectivity index (χ1n) is 21.7. The van der Waals surface area contributed by atoms with Crippen LogP contribution in [0.25, 0.3) is 11.2 Å². The molecule has 8 atom stereocenters. The van der Waals surface area contributed by atoms with Crippen molar-refractivity contribution in [2.45, 2.75) is 147 Å². The average molecular weight is 1020 g/mol. The van der Waals surface area contributed by atoms with Gasteiger partial charge in [0.15, 0.2) is 22.8 Å². The highest BCUT2D eigenvalue weighted by molar-refractivity contribution is 8.13. The second-order valence-electron chi connectivity index (χ2n) is 16.5. The molecule has 66 heavy (non-hydrogen) atoms. The maximum absolute atomic E-state index is 12.7. The topological polar surface area (TPSA) is 384 Å². The van der Waals surface area contributed by atoms with Crippen LogP contribution in [0, 0.1) is 5.41 Å². The van der Waals surface area contributed by atoms with Crippen molar-refractivity contribution in [1.82, 2.24) is 30.2 Å². The average Bonchev–Trinajstić information content (AvgIpc) is 3.79. The summed E-state index contributed by atoms with van der Waals surface area (Å²) in [6.07, 6.45) is 5.65. The molecule has 2 aromatic heterocycles. The summed E-state index contributed by atoms with van der Waals surface area (Å²) < 4.78 is 62.4. The number of carbonyl (C=O) groups excluding carboxylic acids is 3. The van der Waals surface area contributed by atoms with Gasteiger partial charge in [-0.05, 0) is 19.3 Å². The Kier molecular flexibility index (Phi) is 24.2. The van der Waals surface area contributed by atoms with Crippen molar-refractivity contribution in [1.29, 1.82) is 0 Å². The van der Waals surface area contributed by atoms with Gasteiger partial charge in [0.05, 0.1) is 25.6 Å². The van der Waals surface area contributed by atoms with Crippen molar-refractivity contribution >= 4 is 69.1 Å². The summed E-state index contributed by atoms with van der Waals surface area (Å²) in [5, 5.41) is 36.6. The second kappa shape index (κ2) is 27.6. The van der Waals surface area contributed by atoms with Crippen molar-refractivity contribution in [3.05, 3.63) is 12.7 Å². The fourth-order valence-corrected chi connectivity index (χ4v) is 10.2. The number of thioether (sulfide) groups is 1. The van der Waals surface area contributed by atoms with E-state index in [0.29, 0.717) is 12.2 Å². The molecule has 1 saturated heterocycles. The quantitative estimate of drug-likeness (QED) is 0.0362. The molecule has 0 aliphatic carbocycles. The summed E-state index contributed by atoms with van der Waals surface area (Å²) in [4.78, 5) is 88.3. The summed E-state index contributed by atoms with van der Waals surface area (Å²) in [6.45, 7) is 2.67. The molecule has 1 fully saturated rings. The minimum atomic E-state index is -5.58. The number of anilines is 1. The van der Waals surface area contributed by atoms with Crippen LogP contribution < -0.4 is 16.4 Å². The molecule has 0 saturated carbocycles. The Morgan fingerprint density at radius 1 is 0.894 bits per heavy atom. The predicted molar refractivity (Wildman–Crippen MR) is 239 cm³/mol. The van der Waals surface area contributed by atoms with E-state index < -0.39 is 84.6 Å². The number of phosphoric ester groups is 3. The third-order valence-electron chi connectivity index (χ3n) is 10.3. The Morgan fingerprint density at radius 2 is 1.53 bits per heavy atom. The van der Waals surface area contributed by atoms with E-state index in [0.717, 1.165) is 106 Å². The third-order valence-corrected chi connectivity index (χ3v) is 14.4. The molecule has 8 unspecified atom stereocenters. The van der Waals surface area contributed by atoms with E-state index in [4.69, 9.17) is 19.5 Å². The van der Waals surface area contributed by atoms with Crippen molar-refractivity contribution in [2.24, 2.45) is 5.41 Å². The number of fused-ring (bicyclic) bond motifs is 1. The Labute approximate surface area is 387 Å². The second-order valence-corrected chi connectivity index (χ2v) is 21.8. The summed E-state index contributed by atoms with van der Waals surface area (Å²) in [7, 11) is -16.4. The van der Waals surface area contributed by atoms with Gasteiger partial charge in [-0.25, -0.2) is 28.6 Å². The molecule has 0 spiro atoms. The number of aromatic nitrogens is 4. The molecule has 0 bridgehead atoms. The summed E-state index contributed by atoms with van der Waals surface area (Å²) in [5.41, 5.74) is 4.27. The number of aliphatic hydroxyl groups is 3. The number of phosphoric acid groups is 3. The van der Waals surface area contributed by atoms with Gasteiger partial charge in [-0.3, -0.25) is 32.5 Å². The fourth-order valence-electron chi connectivity index (χ4n) is 6.67. The third kappa shape index (κ3) is 20.6. The smallest absolute Gasteiger partial charge is 0.393 e. The molecule has 11 N–H and O–H groups in total. The zero-order valence-electron chi connectivity index (χ0n) is 37.3. The molecule has 2 aromatic rings. The van der Waals surface area contributed by atoms with Gasteiger partial charge in [0.1, 0.15) is 36.3 Å². The van der Waals surface area contributed by atoms with Crippen LogP contribution in [-0.2, 0) is 50.7 Å². The molecule has 1 aliphatic rings. The van der Waals surface area contributed by atoms with Gasteiger partial charge < -0.3 is 56.0 Å². The van der Waals surface area contributed by atoms with E-state index in [2.05, 4.69) is 41.3 Å². The lowest BCUT2D eigenvalue weighted by Gasteiger charge is -2.30. The van der Waals surface area contributed by atoms with Crippen LogP contribution in [-0.4, -0.2) is 134 Å². The molecule has 1 aliphatic heterocycles. The molecule has 0 radical (unpaired) electrons. The number of nitrogens with zero attached hydrogens (tertiary/aromatic N) is 4. The van der Waals surface area contributed by atoms with E-state index in [1.54, 1.807) is 0 Å². The molecule has 378 valence electrons. The van der Waals surface area contributed by atoms with Crippen LogP contribution in [0.3, 0.4) is 0 Å². The first kappa shape index (κ1) is 57.8. The SMILES string of the molecule is CCCCCC(O)CCCCCCCCCC(=O)SCCNC(=O)CCNC(=O)C(O)C(C)(C)COP(=O)(O)OP(=O)(O)OCC1OC(n2cnc3c(N)ncnc32)C(O)C1OP(=O)(O)O. The lowest BCUT2D eigenvalue weighted by Crippen LogP contribution is -2.46. The highest BCUT2D eigenvalue weighted by Crippen LogP contribution is 2.61. The van der Waals surface area contributed by atoms with Crippen molar-refractivity contribution in [3.63, 3.8) is 0 Å². The van der Waals surface area contributed by atoms with E-state index in [-0.39, 0.29) is 47.7 Å². The minimum absolute atomic E-state index is 0.0304. The number of hydrogen-bond donors (Lipinski definition) is 10. The van der Waals surface area contributed by atoms with Crippen molar-refractivity contribution in [2.75, 3.05) is 37.8 Å². The Bertz CT molecular complexity index is 2000. The largest absolute Gasteiger partial charge is 0.481 e. The standard InChI is InChI=1S/C37H66N7O18P3S/c1-4-5-11-14-25(45)15-12-9-7-6-8-10-13-16-28(47)66-20-19-39-27(46)17-18-40-35(50)32(49)37(2,3)22-59-65(56,57)62-64(54,55)58-21-26-31(61-63(51,52)53)30(48)36(60-26)44-24-43-29-33(38)41-23-42-34(29)44/h23-26,30-32,36,45,48-49H,4-22H2,1-3H3,(H,39,46)(H,40,50)(H,54,55)(H,56,57)(H2,38,41,42)(H2,51,52,53). The van der Waals surface area contributed by atoms with E-state index >= 15 is 0 Å². The molecule has 3 heterocycles. The number of hydrogen-bond acceptors (Lipinski definition) is 19. The zero-order valence-corrected chi connectivity index (χ0v) is 40.8. The number of aliphatic hydroxyl groups excluding tert-OH is 3. The minimum Gasteiger partial charge on any atom is -0.393 e. The predicted octanol–water partition coefficient (Wildman–Crippen LogP) is 3.12. The van der Waals surface area contributed by atoms with Gasteiger partial charge in [-0.1, -0.05) is 90.3 Å². The summed E-state index contributed by atoms with van der Waals surface area (Å²) in [6, 6.07) is 0. The van der Waals surface area contributed by atoms with Gasteiger partial charge in [-0.15, -0.1) is 0 Å². The van der Waals surface area contributed by atoms with E-state index in [1.807, 2.05) is 0 Å². The van der Waals surface area contributed by atoms with Crippen LogP contribution in [0.1, 0.15) is 117 Å². The first-order chi connectivity index (χ1) is 30.9. The number of nitrogen functional groups attached to an aromatic ring is 1. The monoisotopic (exact) mass is 1020 g/mol. The maximum Gasteiger partial charge on any atom is 0.481 e. The molecule has 25 nitrogen and oxygen atoms in total. The number of nitrogens with two attached hydrogens (primary N) is 1. The summed E-state index contributed by atoms with van der Waals surface area (Å²) >= 11 is 1.13. The lowest BCUT2D eigenvalue weighted by atomic mass is 9.87. The molecular formula is C37H66N7O18P3S. The Hall–Kier alpha value is -2.48. The number of nitrogens with one attached hydrogen (secondary N) is 2. The molecular weight excluding hydrogens is 955 g/mol. The van der Waals surface area contributed by atoms with E-state index in [1.165, 1.54) is 13.8 Å². The lowest BCUT2D eigenvalue weighted by molar-refractivity contribution is -0.137. The van der Waals surface area contributed by atoms with Gasteiger partial charge in [0.2, 0.25) is 11.8 Å². The van der Waals surface area contributed by atoms with Crippen LogP contribution >= 0.6 is 35.2 Å². The Balaban J connectivity index is 1.32. The zero-order chi connectivity index (χ0) is 49.1. The number of amides is 2. The van der Waals surface area contributed by atoms with Gasteiger partial charge in [0.25, 0.3) is 0 Å². The molecule has 3 rings (SSSR count).